The molecule has 1 saturated carbocycles. The standard InChI is InChI=1S/C12H23N3O5S/c1-12(2,14-21(3,19)20)8-13-11(18)15(9-4-5-9)7-6-10(16)17/h9,14H,4-8H2,1-3H3,(H,13,18)(H,16,17). The van der Waals surface area contributed by atoms with Crippen LogP contribution in [0.2, 0.25) is 0 Å². The lowest BCUT2D eigenvalue weighted by atomic mass is 10.1. The Morgan fingerprint density at radius 2 is 1.90 bits per heavy atom. The quantitative estimate of drug-likeness (QED) is 0.580. The van der Waals surface area contributed by atoms with E-state index in [0.717, 1.165) is 19.1 Å². The molecule has 21 heavy (non-hydrogen) atoms. The highest BCUT2D eigenvalue weighted by atomic mass is 32.2. The number of nitrogens with one attached hydrogen (secondary N) is 2. The maximum atomic E-state index is 12.1. The molecule has 0 heterocycles. The molecule has 1 rings (SSSR count). The molecule has 0 aromatic carbocycles. The minimum Gasteiger partial charge on any atom is -0.481 e. The molecule has 0 bridgehead atoms. The summed E-state index contributed by atoms with van der Waals surface area (Å²) in [5.74, 6) is -0.951. The fourth-order valence-corrected chi connectivity index (χ4v) is 3.06. The second-order valence-corrected chi connectivity index (χ2v) is 7.73. The van der Waals surface area contributed by atoms with Crippen LogP contribution in [0.25, 0.3) is 0 Å². The van der Waals surface area contributed by atoms with Crippen molar-refractivity contribution in [2.75, 3.05) is 19.3 Å². The molecular formula is C12H23N3O5S. The SMILES string of the molecule is CC(C)(CNC(=O)N(CCC(=O)O)C1CC1)NS(C)(=O)=O. The molecule has 0 aromatic heterocycles. The van der Waals surface area contributed by atoms with E-state index in [0.29, 0.717) is 0 Å². The summed E-state index contributed by atoms with van der Waals surface area (Å²) in [6.07, 6.45) is 2.70. The largest absolute Gasteiger partial charge is 0.481 e. The van der Waals surface area contributed by atoms with Gasteiger partial charge in [-0.15, -0.1) is 0 Å². The third kappa shape index (κ3) is 7.28. The van der Waals surface area contributed by atoms with Crippen LogP contribution in [0.1, 0.15) is 33.1 Å². The van der Waals surface area contributed by atoms with Crippen molar-refractivity contribution in [3.63, 3.8) is 0 Å². The molecule has 0 unspecified atom stereocenters. The number of carbonyl (C=O) groups is 2. The number of nitrogens with zero attached hydrogens (tertiary/aromatic N) is 1. The Hall–Kier alpha value is -1.35. The highest BCUT2D eigenvalue weighted by Gasteiger charge is 2.33. The van der Waals surface area contributed by atoms with Crippen LogP contribution >= 0.6 is 0 Å². The van der Waals surface area contributed by atoms with Crippen molar-refractivity contribution < 1.29 is 23.1 Å². The van der Waals surface area contributed by atoms with Gasteiger partial charge in [-0.3, -0.25) is 4.79 Å². The van der Waals surface area contributed by atoms with Gasteiger partial charge in [0.25, 0.3) is 0 Å². The van der Waals surface area contributed by atoms with Crippen molar-refractivity contribution in [1.82, 2.24) is 14.9 Å². The Morgan fingerprint density at radius 3 is 2.33 bits per heavy atom. The van der Waals surface area contributed by atoms with E-state index in [1.807, 2.05) is 0 Å². The van der Waals surface area contributed by atoms with E-state index in [-0.39, 0.29) is 31.6 Å². The van der Waals surface area contributed by atoms with E-state index >= 15 is 0 Å². The van der Waals surface area contributed by atoms with Crippen LogP contribution in [0.15, 0.2) is 0 Å². The number of carboxylic acids is 1. The zero-order valence-electron chi connectivity index (χ0n) is 12.5. The number of sulfonamides is 1. The van der Waals surface area contributed by atoms with Crippen molar-refractivity contribution in [2.24, 2.45) is 0 Å². The van der Waals surface area contributed by atoms with Crippen molar-refractivity contribution in [3.8, 4) is 0 Å². The fraction of sp³-hybridized carbons (Fsp3) is 0.833. The Morgan fingerprint density at radius 1 is 1.33 bits per heavy atom. The molecule has 9 heteroatoms. The van der Waals surface area contributed by atoms with E-state index in [1.165, 1.54) is 4.90 Å². The van der Waals surface area contributed by atoms with Crippen LogP contribution in [0.4, 0.5) is 4.79 Å². The molecule has 0 atom stereocenters. The Bertz CT molecular complexity index is 499. The molecule has 122 valence electrons. The van der Waals surface area contributed by atoms with E-state index in [9.17, 15) is 18.0 Å². The maximum absolute atomic E-state index is 12.1. The molecule has 1 aliphatic carbocycles. The number of hydrogen-bond donors (Lipinski definition) is 3. The van der Waals surface area contributed by atoms with Gasteiger partial charge in [0, 0.05) is 24.7 Å². The second kappa shape index (κ2) is 6.61. The summed E-state index contributed by atoms with van der Waals surface area (Å²) in [5.41, 5.74) is -0.814. The number of urea groups is 1. The Kier molecular flexibility index (Phi) is 5.57. The van der Waals surface area contributed by atoms with Gasteiger partial charge in [0.05, 0.1) is 12.7 Å². The molecule has 0 spiro atoms. The number of hydrogen-bond acceptors (Lipinski definition) is 4. The number of aliphatic carboxylic acids is 1. The first-order chi connectivity index (χ1) is 9.50. The lowest BCUT2D eigenvalue weighted by molar-refractivity contribution is -0.137. The summed E-state index contributed by atoms with van der Waals surface area (Å²) in [5, 5.41) is 11.4. The van der Waals surface area contributed by atoms with Crippen LogP contribution in [0, 0.1) is 0 Å². The number of carbonyl (C=O) groups excluding carboxylic acids is 1. The van der Waals surface area contributed by atoms with Gasteiger partial charge in [-0.05, 0) is 26.7 Å². The lowest BCUT2D eigenvalue weighted by Gasteiger charge is -2.28. The maximum Gasteiger partial charge on any atom is 0.317 e. The summed E-state index contributed by atoms with van der Waals surface area (Å²) in [6.45, 7) is 3.60. The van der Waals surface area contributed by atoms with Gasteiger partial charge in [0.15, 0.2) is 0 Å². The average Bonchev–Trinajstić information content (AvgIpc) is 3.07. The van der Waals surface area contributed by atoms with Gasteiger partial charge in [-0.25, -0.2) is 17.9 Å². The van der Waals surface area contributed by atoms with E-state index in [2.05, 4.69) is 10.0 Å². The zero-order valence-corrected chi connectivity index (χ0v) is 13.4. The van der Waals surface area contributed by atoms with Crippen LogP contribution in [0.5, 0.6) is 0 Å². The molecule has 0 radical (unpaired) electrons. The number of rotatable bonds is 8. The summed E-state index contributed by atoms with van der Waals surface area (Å²) < 4.78 is 24.9. The Labute approximate surface area is 124 Å². The molecule has 3 N–H and O–H groups in total. The van der Waals surface area contributed by atoms with Crippen molar-refractivity contribution in [2.45, 2.75) is 44.7 Å². The highest BCUT2D eigenvalue weighted by Crippen LogP contribution is 2.26. The van der Waals surface area contributed by atoms with Crippen LogP contribution in [0.3, 0.4) is 0 Å². The molecule has 1 fully saturated rings. The molecular weight excluding hydrogens is 298 g/mol. The molecule has 8 nitrogen and oxygen atoms in total. The van der Waals surface area contributed by atoms with E-state index in [1.54, 1.807) is 13.8 Å². The summed E-state index contributed by atoms with van der Waals surface area (Å²) in [7, 11) is -3.37. The van der Waals surface area contributed by atoms with Gasteiger partial charge >= 0.3 is 12.0 Å². The van der Waals surface area contributed by atoms with Gasteiger partial charge in [-0.2, -0.15) is 0 Å². The van der Waals surface area contributed by atoms with Crippen molar-refractivity contribution in [3.05, 3.63) is 0 Å². The summed E-state index contributed by atoms with van der Waals surface area (Å²) in [6, 6.07) is -0.266. The van der Waals surface area contributed by atoms with Crippen molar-refractivity contribution >= 4 is 22.0 Å². The molecule has 0 aliphatic heterocycles. The monoisotopic (exact) mass is 321 g/mol. The van der Waals surface area contributed by atoms with Gasteiger partial charge in [-0.1, -0.05) is 0 Å². The molecule has 0 aromatic rings. The number of amides is 2. The van der Waals surface area contributed by atoms with E-state index < -0.39 is 21.5 Å². The second-order valence-electron chi connectivity index (χ2n) is 5.99. The zero-order chi connectivity index (χ0) is 16.3. The van der Waals surface area contributed by atoms with Gasteiger partial charge in [0.2, 0.25) is 10.0 Å². The summed E-state index contributed by atoms with van der Waals surface area (Å²) in [4.78, 5) is 24.2. The Balaban J connectivity index is 2.51. The van der Waals surface area contributed by atoms with E-state index in [4.69, 9.17) is 5.11 Å². The fourth-order valence-electron chi connectivity index (χ4n) is 1.99. The minimum absolute atomic E-state index is 0.0929. The lowest BCUT2D eigenvalue weighted by Crippen LogP contribution is -2.53. The first-order valence-corrected chi connectivity index (χ1v) is 8.64. The summed E-state index contributed by atoms with van der Waals surface area (Å²) >= 11 is 0. The topological polar surface area (TPSA) is 116 Å². The molecule has 2 amide bonds. The van der Waals surface area contributed by atoms with Gasteiger partial charge in [0.1, 0.15) is 0 Å². The first kappa shape index (κ1) is 17.7. The predicted octanol–water partition coefficient (Wildman–Crippen LogP) is -0.0371. The van der Waals surface area contributed by atoms with Crippen LogP contribution in [-0.2, 0) is 14.8 Å². The van der Waals surface area contributed by atoms with Crippen LogP contribution in [-0.4, -0.2) is 61.4 Å². The minimum atomic E-state index is -3.37. The first-order valence-electron chi connectivity index (χ1n) is 6.75. The van der Waals surface area contributed by atoms with Crippen molar-refractivity contribution in [1.29, 1.82) is 0 Å². The molecule has 1 aliphatic rings. The normalized spacial score (nSPS) is 15.6. The van der Waals surface area contributed by atoms with Crippen LogP contribution < -0.4 is 10.0 Å². The third-order valence-corrected chi connectivity index (χ3v) is 3.88. The predicted molar refractivity (Wildman–Crippen MR) is 77.4 cm³/mol. The molecule has 0 saturated heterocycles. The third-order valence-electron chi connectivity index (χ3n) is 2.96. The van der Waals surface area contributed by atoms with Gasteiger partial charge < -0.3 is 15.3 Å². The average molecular weight is 321 g/mol. The highest BCUT2D eigenvalue weighted by molar-refractivity contribution is 7.88. The number of carboxylic acid groups (broad SMARTS) is 1. The smallest absolute Gasteiger partial charge is 0.317 e.